The van der Waals surface area contributed by atoms with Crippen LogP contribution in [-0.2, 0) is 0 Å². The molecule has 100 valence electrons. The molecule has 0 aliphatic rings. The van der Waals surface area contributed by atoms with Crippen LogP contribution in [0.15, 0.2) is 54.3 Å². The van der Waals surface area contributed by atoms with E-state index in [1.54, 1.807) is 31.4 Å². The Morgan fingerprint density at radius 3 is 2.58 bits per heavy atom. The van der Waals surface area contributed by atoms with Crippen molar-refractivity contribution in [3.05, 3.63) is 59.9 Å². The Labute approximate surface area is 113 Å². The van der Waals surface area contributed by atoms with Crippen molar-refractivity contribution in [2.45, 2.75) is 13.8 Å². The van der Waals surface area contributed by atoms with Crippen molar-refractivity contribution in [3.8, 4) is 11.5 Å². The van der Waals surface area contributed by atoms with Crippen LogP contribution in [0, 0.1) is 0 Å². The Hall–Kier alpha value is -2.29. The zero-order chi connectivity index (χ0) is 14.3. The molecule has 19 heavy (non-hydrogen) atoms. The second-order valence-electron chi connectivity index (χ2n) is 3.91. The molecule has 0 fully saturated rings. The number of ether oxygens (including phenoxy) is 2. The molecule has 0 aliphatic carbocycles. The molecular weight excluding hydrogens is 240 g/mol. The van der Waals surface area contributed by atoms with Crippen molar-refractivity contribution in [3.63, 3.8) is 0 Å². The monoisotopic (exact) mass is 258 g/mol. The van der Waals surface area contributed by atoms with Gasteiger partial charge in [0.05, 0.1) is 7.11 Å². The van der Waals surface area contributed by atoms with E-state index in [4.69, 9.17) is 9.47 Å². The number of carbonyl (C=O) groups is 1. The summed E-state index contributed by atoms with van der Waals surface area (Å²) in [7, 11) is 1.56. The summed E-state index contributed by atoms with van der Waals surface area (Å²) >= 11 is 0. The van der Waals surface area contributed by atoms with Gasteiger partial charge in [-0.15, -0.1) is 0 Å². The highest BCUT2D eigenvalue weighted by Gasteiger charge is 2.07. The van der Waals surface area contributed by atoms with E-state index in [0.29, 0.717) is 22.8 Å². The fraction of sp³-hybridized carbons (Fsp3) is 0.188. The van der Waals surface area contributed by atoms with E-state index >= 15 is 0 Å². The van der Waals surface area contributed by atoms with E-state index in [-0.39, 0.29) is 0 Å². The molecule has 0 spiro atoms. The van der Waals surface area contributed by atoms with Crippen molar-refractivity contribution in [2.24, 2.45) is 0 Å². The highest BCUT2D eigenvalue weighted by Crippen LogP contribution is 2.29. The SMILES string of the molecule is C=C/C(C)=C\C(=C/C)Oc1cc(C=O)ccc1OC. The summed E-state index contributed by atoms with van der Waals surface area (Å²) in [5, 5.41) is 0. The number of carbonyl (C=O) groups excluding carboxylic acids is 1. The summed E-state index contributed by atoms with van der Waals surface area (Å²) in [6.07, 6.45) is 6.21. The number of allylic oxidation sites excluding steroid dienone is 4. The topological polar surface area (TPSA) is 35.5 Å². The Morgan fingerprint density at radius 1 is 1.32 bits per heavy atom. The maximum absolute atomic E-state index is 10.8. The van der Waals surface area contributed by atoms with Gasteiger partial charge in [-0.1, -0.05) is 12.7 Å². The van der Waals surface area contributed by atoms with Crippen molar-refractivity contribution in [1.29, 1.82) is 0 Å². The van der Waals surface area contributed by atoms with Crippen molar-refractivity contribution >= 4 is 6.29 Å². The predicted octanol–water partition coefficient (Wildman–Crippen LogP) is 3.92. The molecule has 0 atom stereocenters. The number of rotatable bonds is 6. The van der Waals surface area contributed by atoms with E-state index in [0.717, 1.165) is 11.9 Å². The molecule has 1 rings (SSSR count). The lowest BCUT2D eigenvalue weighted by molar-refractivity contribution is 0.112. The molecule has 0 unspecified atom stereocenters. The second kappa shape index (κ2) is 7.21. The Kier molecular flexibility index (Phi) is 5.61. The number of benzene rings is 1. The molecule has 0 radical (unpaired) electrons. The molecule has 1 aromatic rings. The first-order valence-corrected chi connectivity index (χ1v) is 5.92. The van der Waals surface area contributed by atoms with Gasteiger partial charge in [-0.2, -0.15) is 0 Å². The molecule has 0 saturated carbocycles. The van der Waals surface area contributed by atoms with Crippen LogP contribution in [0.3, 0.4) is 0 Å². The van der Waals surface area contributed by atoms with Crippen molar-refractivity contribution in [2.75, 3.05) is 7.11 Å². The van der Waals surface area contributed by atoms with Crippen LogP contribution in [0.1, 0.15) is 24.2 Å². The number of hydrogen-bond acceptors (Lipinski definition) is 3. The van der Waals surface area contributed by atoms with Gasteiger partial charge >= 0.3 is 0 Å². The zero-order valence-corrected chi connectivity index (χ0v) is 11.5. The van der Waals surface area contributed by atoms with Crippen LogP contribution in [0.25, 0.3) is 0 Å². The van der Waals surface area contributed by atoms with Crippen LogP contribution < -0.4 is 9.47 Å². The zero-order valence-electron chi connectivity index (χ0n) is 11.5. The quantitative estimate of drug-likeness (QED) is 0.440. The van der Waals surface area contributed by atoms with Gasteiger partial charge in [-0.05, 0) is 49.8 Å². The first kappa shape index (κ1) is 14.8. The van der Waals surface area contributed by atoms with Gasteiger partial charge < -0.3 is 9.47 Å². The summed E-state index contributed by atoms with van der Waals surface area (Å²) in [6.45, 7) is 7.50. The van der Waals surface area contributed by atoms with E-state index in [2.05, 4.69) is 6.58 Å². The molecule has 0 saturated heterocycles. The third-order valence-corrected chi connectivity index (χ3v) is 2.53. The Bertz CT molecular complexity index is 525. The summed E-state index contributed by atoms with van der Waals surface area (Å²) < 4.78 is 11.0. The molecule has 0 amide bonds. The fourth-order valence-corrected chi connectivity index (χ4v) is 1.43. The van der Waals surface area contributed by atoms with Gasteiger partial charge in [0.1, 0.15) is 12.0 Å². The molecule has 0 heterocycles. The fourth-order valence-electron chi connectivity index (χ4n) is 1.43. The lowest BCUT2D eigenvalue weighted by Crippen LogP contribution is -1.97. The van der Waals surface area contributed by atoms with Crippen LogP contribution in [-0.4, -0.2) is 13.4 Å². The standard InChI is InChI=1S/C16H18O3/c1-5-12(3)9-14(6-2)19-16-10-13(11-17)7-8-15(16)18-4/h5-11H,1H2,2-4H3/b12-9-,14-6+. The normalized spacial score (nSPS) is 11.9. The van der Waals surface area contributed by atoms with Gasteiger partial charge in [0.25, 0.3) is 0 Å². The average Bonchev–Trinajstić information content (AvgIpc) is 2.45. The molecule has 1 aromatic carbocycles. The van der Waals surface area contributed by atoms with Gasteiger partial charge in [0.2, 0.25) is 0 Å². The summed E-state index contributed by atoms with van der Waals surface area (Å²) in [6, 6.07) is 5.03. The van der Waals surface area contributed by atoms with E-state index in [1.165, 1.54) is 0 Å². The number of methoxy groups -OCH3 is 1. The number of aldehydes is 1. The first-order chi connectivity index (χ1) is 9.14. The molecule has 3 heteroatoms. The minimum Gasteiger partial charge on any atom is -0.493 e. The largest absolute Gasteiger partial charge is 0.493 e. The molecule has 0 aromatic heterocycles. The molecule has 3 nitrogen and oxygen atoms in total. The molecule has 0 N–H and O–H groups in total. The van der Waals surface area contributed by atoms with Crippen molar-refractivity contribution in [1.82, 2.24) is 0 Å². The summed E-state index contributed by atoms with van der Waals surface area (Å²) in [5.74, 6) is 1.75. The minimum absolute atomic E-state index is 0.508. The van der Waals surface area contributed by atoms with E-state index in [9.17, 15) is 4.79 Å². The first-order valence-electron chi connectivity index (χ1n) is 5.92. The lowest BCUT2D eigenvalue weighted by Gasteiger charge is -2.11. The molecular formula is C16H18O3. The second-order valence-corrected chi connectivity index (χ2v) is 3.91. The Balaban J connectivity index is 3.09. The maximum atomic E-state index is 10.8. The summed E-state index contributed by atoms with van der Waals surface area (Å²) in [5.41, 5.74) is 1.52. The van der Waals surface area contributed by atoms with Gasteiger partial charge in [0.15, 0.2) is 11.5 Å². The highest BCUT2D eigenvalue weighted by atomic mass is 16.5. The van der Waals surface area contributed by atoms with Crippen LogP contribution in [0.4, 0.5) is 0 Å². The smallest absolute Gasteiger partial charge is 0.169 e. The number of hydrogen-bond donors (Lipinski definition) is 0. The third kappa shape index (κ3) is 4.14. The van der Waals surface area contributed by atoms with Crippen molar-refractivity contribution < 1.29 is 14.3 Å². The third-order valence-electron chi connectivity index (χ3n) is 2.53. The Morgan fingerprint density at radius 2 is 2.05 bits per heavy atom. The maximum Gasteiger partial charge on any atom is 0.169 e. The summed E-state index contributed by atoms with van der Waals surface area (Å²) in [4.78, 5) is 10.8. The molecule has 0 bridgehead atoms. The van der Waals surface area contributed by atoms with Crippen LogP contribution >= 0.6 is 0 Å². The van der Waals surface area contributed by atoms with Gasteiger partial charge in [0, 0.05) is 5.56 Å². The van der Waals surface area contributed by atoms with Gasteiger partial charge in [-0.3, -0.25) is 4.79 Å². The van der Waals surface area contributed by atoms with E-state index < -0.39 is 0 Å². The highest BCUT2D eigenvalue weighted by molar-refractivity contribution is 5.76. The lowest BCUT2D eigenvalue weighted by atomic mass is 10.2. The van der Waals surface area contributed by atoms with Gasteiger partial charge in [-0.25, -0.2) is 0 Å². The predicted molar refractivity (Wildman–Crippen MR) is 76.7 cm³/mol. The van der Waals surface area contributed by atoms with E-state index in [1.807, 2.05) is 26.0 Å². The van der Waals surface area contributed by atoms with Crippen LogP contribution in [0.2, 0.25) is 0 Å². The van der Waals surface area contributed by atoms with Crippen LogP contribution in [0.5, 0.6) is 11.5 Å². The minimum atomic E-state index is 0.508. The molecule has 0 aliphatic heterocycles. The average molecular weight is 258 g/mol.